The summed E-state index contributed by atoms with van der Waals surface area (Å²) in [6.07, 6.45) is 8.96. The molecule has 4 heteroatoms. The van der Waals surface area contributed by atoms with Crippen molar-refractivity contribution < 1.29 is 0 Å². The summed E-state index contributed by atoms with van der Waals surface area (Å²) in [5, 5.41) is 7.61. The fourth-order valence-corrected chi connectivity index (χ4v) is 3.50. The van der Waals surface area contributed by atoms with Gasteiger partial charge in [-0.15, -0.1) is 0 Å². The molecule has 0 spiro atoms. The van der Waals surface area contributed by atoms with E-state index in [0.717, 1.165) is 18.2 Å². The average Bonchev–Trinajstić information content (AvgIpc) is 3.09. The Kier molecular flexibility index (Phi) is 3.14. The lowest BCUT2D eigenvalue weighted by molar-refractivity contribution is 0.478. The standard InChI is InChI=1S/C13H22N4/c14-8-10-6-3-7-11(10)13-15-12(16-17-13)9-4-1-2-5-9/h9-11H,1-8,14H2,(H,15,16,17). The molecule has 2 saturated carbocycles. The number of rotatable bonds is 3. The van der Waals surface area contributed by atoms with Gasteiger partial charge in [0.1, 0.15) is 5.82 Å². The Morgan fingerprint density at radius 3 is 2.71 bits per heavy atom. The van der Waals surface area contributed by atoms with Crippen LogP contribution in [0.3, 0.4) is 0 Å². The van der Waals surface area contributed by atoms with Gasteiger partial charge in [-0.1, -0.05) is 19.3 Å². The largest absolute Gasteiger partial charge is 0.330 e. The second-order valence-corrected chi connectivity index (χ2v) is 5.59. The summed E-state index contributed by atoms with van der Waals surface area (Å²) in [5.74, 6) is 3.90. The van der Waals surface area contributed by atoms with Gasteiger partial charge in [0.05, 0.1) is 0 Å². The van der Waals surface area contributed by atoms with Crippen molar-refractivity contribution in [1.82, 2.24) is 15.2 Å². The zero-order valence-electron chi connectivity index (χ0n) is 10.4. The first-order chi connectivity index (χ1) is 8.38. The van der Waals surface area contributed by atoms with Crippen LogP contribution in [0.1, 0.15) is 68.4 Å². The van der Waals surface area contributed by atoms with Gasteiger partial charge in [0.25, 0.3) is 0 Å². The molecular formula is C13H22N4. The summed E-state index contributed by atoms with van der Waals surface area (Å²) in [6.45, 7) is 0.782. The van der Waals surface area contributed by atoms with E-state index in [1.54, 1.807) is 0 Å². The highest BCUT2D eigenvalue weighted by atomic mass is 15.2. The number of aromatic nitrogens is 3. The van der Waals surface area contributed by atoms with E-state index >= 15 is 0 Å². The first-order valence-electron chi connectivity index (χ1n) is 7.00. The predicted molar refractivity (Wildman–Crippen MR) is 66.7 cm³/mol. The highest BCUT2D eigenvalue weighted by Crippen LogP contribution is 2.38. The number of hydrogen-bond donors (Lipinski definition) is 2. The predicted octanol–water partition coefficient (Wildman–Crippen LogP) is 2.30. The van der Waals surface area contributed by atoms with Crippen LogP contribution in [-0.4, -0.2) is 21.7 Å². The summed E-state index contributed by atoms with van der Waals surface area (Å²) < 4.78 is 0. The van der Waals surface area contributed by atoms with Crippen molar-refractivity contribution in [2.45, 2.75) is 56.8 Å². The minimum Gasteiger partial charge on any atom is -0.330 e. The molecule has 0 radical (unpaired) electrons. The van der Waals surface area contributed by atoms with Crippen molar-refractivity contribution >= 4 is 0 Å². The summed E-state index contributed by atoms with van der Waals surface area (Å²) in [6, 6.07) is 0. The molecule has 94 valence electrons. The number of H-pyrrole nitrogens is 1. The molecule has 3 rings (SSSR count). The first-order valence-corrected chi connectivity index (χ1v) is 7.00. The number of aromatic amines is 1. The Bertz CT molecular complexity index is 367. The molecule has 1 heterocycles. The van der Waals surface area contributed by atoms with E-state index in [4.69, 9.17) is 10.7 Å². The van der Waals surface area contributed by atoms with Crippen molar-refractivity contribution in [3.05, 3.63) is 11.6 Å². The minimum atomic E-state index is 0.530. The molecule has 0 bridgehead atoms. The Labute approximate surface area is 102 Å². The normalized spacial score (nSPS) is 30.2. The topological polar surface area (TPSA) is 67.6 Å². The molecule has 2 unspecified atom stereocenters. The van der Waals surface area contributed by atoms with Crippen LogP contribution in [0, 0.1) is 5.92 Å². The molecular weight excluding hydrogens is 212 g/mol. The number of nitrogens with one attached hydrogen (secondary N) is 1. The smallest absolute Gasteiger partial charge is 0.153 e. The third-order valence-electron chi connectivity index (χ3n) is 4.55. The van der Waals surface area contributed by atoms with Crippen LogP contribution in [0.25, 0.3) is 0 Å². The van der Waals surface area contributed by atoms with Crippen molar-refractivity contribution in [3.8, 4) is 0 Å². The third-order valence-corrected chi connectivity index (χ3v) is 4.55. The maximum absolute atomic E-state index is 5.83. The molecule has 2 fully saturated rings. The summed E-state index contributed by atoms with van der Waals surface area (Å²) in [7, 11) is 0. The van der Waals surface area contributed by atoms with Crippen molar-refractivity contribution in [2.24, 2.45) is 11.7 Å². The highest BCUT2D eigenvalue weighted by molar-refractivity contribution is 5.06. The lowest BCUT2D eigenvalue weighted by Gasteiger charge is -2.14. The van der Waals surface area contributed by atoms with Gasteiger partial charge in [-0.25, -0.2) is 4.98 Å². The Morgan fingerprint density at radius 2 is 1.94 bits per heavy atom. The minimum absolute atomic E-state index is 0.530. The van der Waals surface area contributed by atoms with Gasteiger partial charge in [-0.05, 0) is 38.1 Å². The van der Waals surface area contributed by atoms with Gasteiger partial charge in [0.2, 0.25) is 0 Å². The van der Waals surface area contributed by atoms with Crippen LogP contribution in [0.4, 0.5) is 0 Å². The lowest BCUT2D eigenvalue weighted by Crippen LogP contribution is -2.18. The van der Waals surface area contributed by atoms with Gasteiger partial charge in [-0.2, -0.15) is 5.10 Å². The van der Waals surface area contributed by atoms with E-state index in [1.807, 2.05) is 0 Å². The van der Waals surface area contributed by atoms with Gasteiger partial charge in [-0.3, -0.25) is 5.10 Å². The number of nitrogens with zero attached hydrogens (tertiary/aromatic N) is 2. The second-order valence-electron chi connectivity index (χ2n) is 5.59. The Morgan fingerprint density at radius 1 is 1.12 bits per heavy atom. The third kappa shape index (κ3) is 2.10. The molecule has 1 aromatic rings. The van der Waals surface area contributed by atoms with Crippen molar-refractivity contribution in [3.63, 3.8) is 0 Å². The van der Waals surface area contributed by atoms with Crippen LogP contribution >= 0.6 is 0 Å². The number of nitrogens with two attached hydrogens (primary N) is 1. The average molecular weight is 234 g/mol. The van der Waals surface area contributed by atoms with Crippen molar-refractivity contribution in [2.75, 3.05) is 6.54 Å². The fourth-order valence-electron chi connectivity index (χ4n) is 3.50. The quantitative estimate of drug-likeness (QED) is 0.843. The fraction of sp³-hybridized carbons (Fsp3) is 0.846. The van der Waals surface area contributed by atoms with Crippen LogP contribution in [0.15, 0.2) is 0 Å². The second kappa shape index (κ2) is 4.77. The van der Waals surface area contributed by atoms with Gasteiger partial charge < -0.3 is 5.73 Å². The van der Waals surface area contributed by atoms with Crippen LogP contribution in [0.2, 0.25) is 0 Å². The van der Waals surface area contributed by atoms with E-state index < -0.39 is 0 Å². The molecule has 17 heavy (non-hydrogen) atoms. The van der Waals surface area contributed by atoms with Crippen LogP contribution in [0.5, 0.6) is 0 Å². The molecule has 2 aliphatic carbocycles. The molecule has 2 atom stereocenters. The molecule has 0 saturated heterocycles. The number of hydrogen-bond acceptors (Lipinski definition) is 3. The van der Waals surface area contributed by atoms with E-state index in [2.05, 4.69) is 10.2 Å². The summed E-state index contributed by atoms with van der Waals surface area (Å²) >= 11 is 0. The molecule has 1 aromatic heterocycles. The van der Waals surface area contributed by atoms with Gasteiger partial charge >= 0.3 is 0 Å². The zero-order chi connectivity index (χ0) is 11.7. The molecule has 2 aliphatic rings. The Hall–Kier alpha value is -0.900. The van der Waals surface area contributed by atoms with Gasteiger partial charge in [0, 0.05) is 11.8 Å². The summed E-state index contributed by atoms with van der Waals surface area (Å²) in [5.41, 5.74) is 5.83. The molecule has 0 aromatic carbocycles. The van der Waals surface area contributed by atoms with Crippen LogP contribution in [-0.2, 0) is 0 Å². The highest BCUT2D eigenvalue weighted by Gasteiger charge is 2.31. The van der Waals surface area contributed by atoms with Gasteiger partial charge in [0.15, 0.2) is 5.82 Å². The lowest BCUT2D eigenvalue weighted by atomic mass is 9.95. The van der Waals surface area contributed by atoms with E-state index in [9.17, 15) is 0 Å². The zero-order valence-corrected chi connectivity index (χ0v) is 10.4. The van der Waals surface area contributed by atoms with E-state index in [1.165, 1.54) is 44.9 Å². The van der Waals surface area contributed by atoms with E-state index in [0.29, 0.717) is 17.8 Å². The SMILES string of the molecule is NCC1CCCC1c1nc(C2CCCC2)n[nH]1. The molecule has 4 nitrogen and oxygen atoms in total. The van der Waals surface area contributed by atoms with E-state index in [-0.39, 0.29) is 0 Å². The first kappa shape index (κ1) is 11.2. The molecule has 0 aliphatic heterocycles. The van der Waals surface area contributed by atoms with Crippen molar-refractivity contribution in [1.29, 1.82) is 0 Å². The summed E-state index contributed by atoms with van der Waals surface area (Å²) in [4.78, 5) is 4.75. The maximum atomic E-state index is 5.83. The molecule has 0 amide bonds. The maximum Gasteiger partial charge on any atom is 0.153 e. The Balaban J connectivity index is 1.75. The van der Waals surface area contributed by atoms with Crippen LogP contribution < -0.4 is 5.73 Å². The monoisotopic (exact) mass is 234 g/mol. The molecule has 3 N–H and O–H groups in total.